The number of rotatable bonds is 8. The first-order chi connectivity index (χ1) is 6.68. The zero-order chi connectivity index (χ0) is 10.9. The highest BCUT2D eigenvalue weighted by molar-refractivity contribution is 6.65. The second-order valence-corrected chi connectivity index (χ2v) is 6.89. The fraction of sp³-hybridized carbons (Fsp3) is 0.889. The van der Waals surface area contributed by atoms with Gasteiger partial charge >= 0.3 is 8.56 Å². The van der Waals surface area contributed by atoms with Gasteiger partial charge in [-0.05, 0) is 25.6 Å². The van der Waals surface area contributed by atoms with E-state index >= 15 is 0 Å². The molecule has 0 amide bonds. The minimum absolute atomic E-state index is 0.573. The summed E-state index contributed by atoms with van der Waals surface area (Å²) in [6.45, 7) is 3.76. The molecule has 82 valence electrons. The zero-order valence-electron chi connectivity index (χ0n) is 9.30. The Morgan fingerprint density at radius 3 is 2.43 bits per heavy atom. The molecule has 0 unspecified atom stereocenters. The van der Waals surface area contributed by atoms with E-state index in [1.54, 1.807) is 14.2 Å². The molecule has 0 aliphatic carbocycles. The molecule has 0 spiro atoms. The van der Waals surface area contributed by atoms with E-state index in [0.29, 0.717) is 6.42 Å². The van der Waals surface area contributed by atoms with E-state index in [9.17, 15) is 0 Å². The van der Waals surface area contributed by atoms with Gasteiger partial charge in [-0.1, -0.05) is 0 Å². The van der Waals surface area contributed by atoms with Gasteiger partial charge in [0.05, 0.1) is 6.07 Å². The van der Waals surface area contributed by atoms with E-state index in [1.165, 1.54) is 0 Å². The zero-order valence-corrected chi connectivity index (χ0v) is 10.3. The maximum absolute atomic E-state index is 8.31. The fourth-order valence-electron chi connectivity index (χ4n) is 1.09. The Hall–Kier alpha value is -0.413. The number of nitrogens with one attached hydrogen (secondary N) is 1. The number of nitriles is 1. The Kier molecular flexibility index (Phi) is 7.71. The number of nitrogens with zero attached hydrogens (tertiary/aromatic N) is 1. The van der Waals surface area contributed by atoms with Crippen molar-refractivity contribution in [1.82, 2.24) is 5.32 Å². The van der Waals surface area contributed by atoms with E-state index in [0.717, 1.165) is 25.6 Å². The van der Waals surface area contributed by atoms with Gasteiger partial charge in [0.25, 0.3) is 0 Å². The van der Waals surface area contributed by atoms with Crippen LogP contribution in [0, 0.1) is 11.3 Å². The van der Waals surface area contributed by atoms with E-state index < -0.39 is 8.56 Å². The van der Waals surface area contributed by atoms with Crippen LogP contribution in [0.15, 0.2) is 0 Å². The molecule has 0 saturated heterocycles. The minimum Gasteiger partial charge on any atom is -0.398 e. The summed E-state index contributed by atoms with van der Waals surface area (Å²) >= 11 is 0. The van der Waals surface area contributed by atoms with Gasteiger partial charge in [-0.15, -0.1) is 0 Å². The van der Waals surface area contributed by atoms with Crippen molar-refractivity contribution in [3.63, 3.8) is 0 Å². The van der Waals surface area contributed by atoms with Crippen molar-refractivity contribution in [2.24, 2.45) is 0 Å². The van der Waals surface area contributed by atoms with Crippen LogP contribution in [0.1, 0.15) is 12.8 Å². The van der Waals surface area contributed by atoms with Crippen LogP contribution in [0.2, 0.25) is 12.6 Å². The maximum atomic E-state index is 8.31. The number of hydrogen-bond acceptors (Lipinski definition) is 4. The molecular weight excluding hydrogens is 196 g/mol. The lowest BCUT2D eigenvalue weighted by atomic mass is 10.4. The first-order valence-electron chi connectivity index (χ1n) is 4.86. The van der Waals surface area contributed by atoms with Crippen molar-refractivity contribution in [1.29, 1.82) is 5.26 Å². The Balaban J connectivity index is 3.39. The first-order valence-corrected chi connectivity index (χ1v) is 7.39. The van der Waals surface area contributed by atoms with E-state index in [2.05, 4.69) is 17.9 Å². The van der Waals surface area contributed by atoms with Crippen molar-refractivity contribution >= 4 is 8.56 Å². The Bertz CT molecular complexity index is 178. The van der Waals surface area contributed by atoms with Crippen LogP contribution in [0.25, 0.3) is 0 Å². The molecule has 0 fully saturated rings. The Morgan fingerprint density at radius 1 is 1.29 bits per heavy atom. The second-order valence-electron chi connectivity index (χ2n) is 3.30. The average molecular weight is 216 g/mol. The lowest BCUT2D eigenvalue weighted by Crippen LogP contribution is -2.36. The summed E-state index contributed by atoms with van der Waals surface area (Å²) in [5.74, 6) is 0. The van der Waals surface area contributed by atoms with Gasteiger partial charge in [0.15, 0.2) is 0 Å². The second kappa shape index (κ2) is 7.94. The van der Waals surface area contributed by atoms with Crippen molar-refractivity contribution < 1.29 is 8.85 Å². The molecule has 1 N–H and O–H groups in total. The lowest BCUT2D eigenvalue weighted by Gasteiger charge is -2.22. The van der Waals surface area contributed by atoms with Gasteiger partial charge in [0.2, 0.25) is 0 Å². The quantitative estimate of drug-likeness (QED) is 0.490. The maximum Gasteiger partial charge on any atom is 0.334 e. The molecule has 14 heavy (non-hydrogen) atoms. The van der Waals surface area contributed by atoms with Crippen LogP contribution in [0.3, 0.4) is 0 Å². The van der Waals surface area contributed by atoms with Crippen molar-refractivity contribution in [2.45, 2.75) is 25.4 Å². The molecule has 0 saturated carbocycles. The minimum atomic E-state index is -1.87. The molecule has 0 aliphatic rings. The third-order valence-corrected chi connectivity index (χ3v) is 5.25. The summed E-state index contributed by atoms with van der Waals surface area (Å²) in [5.41, 5.74) is 0. The van der Waals surface area contributed by atoms with Crippen LogP contribution in [0.5, 0.6) is 0 Å². The highest BCUT2D eigenvalue weighted by atomic mass is 28.4. The predicted octanol–water partition coefficient (Wildman–Crippen LogP) is 1.24. The Morgan fingerprint density at radius 2 is 1.93 bits per heavy atom. The van der Waals surface area contributed by atoms with Gasteiger partial charge in [0.1, 0.15) is 0 Å². The average Bonchev–Trinajstić information content (AvgIpc) is 2.23. The van der Waals surface area contributed by atoms with E-state index in [4.69, 9.17) is 14.1 Å². The largest absolute Gasteiger partial charge is 0.398 e. The van der Waals surface area contributed by atoms with Crippen molar-refractivity contribution in [3.8, 4) is 6.07 Å². The summed E-state index contributed by atoms with van der Waals surface area (Å²) < 4.78 is 10.7. The lowest BCUT2D eigenvalue weighted by molar-refractivity contribution is 0.248. The predicted molar refractivity (Wildman–Crippen MR) is 58.2 cm³/mol. The molecule has 0 aromatic heterocycles. The molecule has 0 bridgehead atoms. The van der Waals surface area contributed by atoms with Crippen LogP contribution in [-0.4, -0.2) is 35.9 Å². The van der Waals surface area contributed by atoms with Crippen LogP contribution in [0.4, 0.5) is 0 Å². The van der Waals surface area contributed by atoms with Gasteiger partial charge < -0.3 is 14.2 Å². The topological polar surface area (TPSA) is 54.3 Å². The van der Waals surface area contributed by atoms with E-state index in [-0.39, 0.29) is 0 Å². The van der Waals surface area contributed by atoms with E-state index in [1.807, 2.05) is 0 Å². The van der Waals surface area contributed by atoms with Crippen LogP contribution >= 0.6 is 0 Å². The van der Waals surface area contributed by atoms with Crippen molar-refractivity contribution in [2.75, 3.05) is 27.3 Å². The molecular formula is C9H20N2O2Si. The number of hydrogen-bond donors (Lipinski definition) is 1. The SMILES string of the molecule is CO[Si](C)(CCCNCCC#N)OC. The molecule has 0 aromatic carbocycles. The molecule has 0 radical (unpaired) electrons. The van der Waals surface area contributed by atoms with Gasteiger partial charge in [0, 0.05) is 27.2 Å². The highest BCUT2D eigenvalue weighted by Crippen LogP contribution is 2.12. The van der Waals surface area contributed by atoms with Crippen LogP contribution < -0.4 is 5.32 Å². The summed E-state index contributed by atoms with van der Waals surface area (Å²) in [7, 11) is 1.54. The third-order valence-electron chi connectivity index (χ3n) is 2.26. The normalized spacial score (nSPS) is 11.3. The van der Waals surface area contributed by atoms with Crippen molar-refractivity contribution in [3.05, 3.63) is 0 Å². The molecule has 4 nitrogen and oxygen atoms in total. The van der Waals surface area contributed by atoms with Gasteiger partial charge in [-0.25, -0.2) is 0 Å². The summed E-state index contributed by atoms with van der Waals surface area (Å²) in [5, 5.41) is 11.5. The first kappa shape index (κ1) is 13.6. The Labute approximate surface area is 87.5 Å². The van der Waals surface area contributed by atoms with Gasteiger partial charge in [-0.2, -0.15) is 5.26 Å². The standard InChI is InChI=1S/C9H20N2O2Si/c1-12-14(3,13-2)9-5-8-11-7-4-6-10/h11H,4-5,7-9H2,1-3H3. The molecule has 5 heteroatoms. The molecule has 0 heterocycles. The molecule has 0 rings (SSSR count). The monoisotopic (exact) mass is 216 g/mol. The third kappa shape index (κ3) is 6.10. The molecule has 0 aliphatic heterocycles. The summed E-state index contributed by atoms with van der Waals surface area (Å²) in [4.78, 5) is 0. The van der Waals surface area contributed by atoms with Crippen LogP contribution in [-0.2, 0) is 8.85 Å². The molecule has 0 aromatic rings. The van der Waals surface area contributed by atoms with Gasteiger partial charge in [-0.3, -0.25) is 0 Å². The summed E-state index contributed by atoms with van der Waals surface area (Å²) in [6.07, 6.45) is 1.61. The highest BCUT2D eigenvalue weighted by Gasteiger charge is 2.27. The smallest absolute Gasteiger partial charge is 0.334 e. The fourth-order valence-corrected chi connectivity index (χ4v) is 2.49. The molecule has 0 atom stereocenters. The summed E-state index contributed by atoms with van der Waals surface area (Å²) in [6, 6.07) is 3.08.